The van der Waals surface area contributed by atoms with Crippen LogP contribution in [0.25, 0.3) is 0 Å². The number of hydrogen-bond donors (Lipinski definition) is 1. The number of nitrogens with zero attached hydrogens (tertiary/aromatic N) is 1. The van der Waals surface area contributed by atoms with E-state index in [2.05, 4.69) is 6.58 Å². The molecular weight excluding hydrogens is 76.1 g/mol. The van der Waals surface area contributed by atoms with Crippen molar-refractivity contribution in [3.05, 3.63) is 18.7 Å². The molecule has 0 bridgehead atoms. The summed E-state index contributed by atoms with van der Waals surface area (Å²) in [6.07, 6.45) is 1.31. The van der Waals surface area contributed by atoms with Crippen LogP contribution >= 0.6 is 0 Å². The third-order valence-corrected chi connectivity index (χ3v) is 0.349. The van der Waals surface area contributed by atoms with E-state index in [0.717, 1.165) is 0 Å². The Hall–Kier alpha value is -0.810. The van der Waals surface area contributed by atoms with Gasteiger partial charge in [-0.2, -0.15) is 5.26 Å². The van der Waals surface area contributed by atoms with Crippen molar-refractivity contribution in [3.8, 4) is 6.07 Å². The molecule has 0 rings (SSSR count). The normalized spacial score (nSPS) is 7.50. The minimum atomic E-state index is 0.162. The van der Waals surface area contributed by atoms with Crippen molar-refractivity contribution in [2.45, 2.75) is 0 Å². The summed E-state index contributed by atoms with van der Waals surface area (Å²) in [6.45, 7) is 3.25. The lowest BCUT2D eigenvalue weighted by atomic mass is 10.4. The molecule has 2 nitrogen and oxygen atoms in total. The molecule has 0 aromatic rings. The van der Waals surface area contributed by atoms with Crippen molar-refractivity contribution in [1.82, 2.24) is 0 Å². The quantitative estimate of drug-likeness (QED) is 0.489. The van der Waals surface area contributed by atoms with E-state index in [1.165, 1.54) is 6.08 Å². The molecule has 0 aromatic heterocycles. The average Bonchev–Trinajstić information content (AvgIpc) is 1.65. The van der Waals surface area contributed by atoms with Gasteiger partial charge in [0.2, 0.25) is 0 Å². The number of nitriles is 1. The Bertz CT molecular complexity index is 80.0. The highest BCUT2D eigenvalue weighted by atomic mass is 14.6. The fourth-order valence-electron chi connectivity index (χ4n) is 0.0456. The van der Waals surface area contributed by atoms with E-state index in [4.69, 9.17) is 11.0 Å². The van der Waals surface area contributed by atoms with Crippen LogP contribution in [0.3, 0.4) is 0 Å². The van der Waals surface area contributed by atoms with Crippen molar-refractivity contribution in [2.24, 2.45) is 5.73 Å². The molecule has 0 saturated heterocycles. The second kappa shape index (κ2) is 2.43. The number of rotatable bonds is 1. The standard InChI is InChI=1S/C4H5N2/c1-2-4(6)3-5/h2H,1,6H2. The third-order valence-electron chi connectivity index (χ3n) is 0.349. The van der Waals surface area contributed by atoms with Crippen LogP contribution in [0.15, 0.2) is 12.7 Å². The highest BCUT2D eigenvalue weighted by Gasteiger charge is 1.85. The van der Waals surface area contributed by atoms with Crippen LogP contribution in [-0.4, -0.2) is 0 Å². The van der Waals surface area contributed by atoms with Crippen LogP contribution in [0.5, 0.6) is 0 Å². The topological polar surface area (TPSA) is 49.8 Å². The molecule has 0 aliphatic heterocycles. The lowest BCUT2D eigenvalue weighted by molar-refractivity contribution is 1.25. The molecule has 0 atom stereocenters. The second-order valence-electron chi connectivity index (χ2n) is 0.771. The van der Waals surface area contributed by atoms with Gasteiger partial charge in [0, 0.05) is 0 Å². The Kier molecular flexibility index (Phi) is 2.10. The van der Waals surface area contributed by atoms with Gasteiger partial charge in [0.05, 0.1) is 6.07 Å². The van der Waals surface area contributed by atoms with Gasteiger partial charge in [-0.25, -0.2) is 0 Å². The van der Waals surface area contributed by atoms with Crippen LogP contribution in [0.4, 0.5) is 0 Å². The molecule has 31 valence electrons. The summed E-state index contributed by atoms with van der Waals surface area (Å²) in [4.78, 5) is 0. The largest absolute Gasteiger partial charge is 0.307 e. The van der Waals surface area contributed by atoms with Crippen LogP contribution < -0.4 is 5.73 Å². The van der Waals surface area contributed by atoms with Crippen molar-refractivity contribution in [3.63, 3.8) is 0 Å². The molecule has 0 unspecified atom stereocenters. The highest BCUT2D eigenvalue weighted by molar-refractivity contribution is 5.17. The van der Waals surface area contributed by atoms with E-state index in [9.17, 15) is 0 Å². The van der Waals surface area contributed by atoms with E-state index >= 15 is 0 Å². The van der Waals surface area contributed by atoms with Crippen LogP contribution in [0.2, 0.25) is 0 Å². The lowest BCUT2D eigenvalue weighted by Gasteiger charge is -1.80. The van der Waals surface area contributed by atoms with Crippen molar-refractivity contribution >= 4 is 0 Å². The predicted molar refractivity (Wildman–Crippen MR) is 23.2 cm³/mol. The Morgan fingerprint density at radius 3 is 2.50 bits per heavy atom. The van der Waals surface area contributed by atoms with Gasteiger partial charge < -0.3 is 5.73 Å². The predicted octanol–water partition coefficient (Wildman–Crippen LogP) is 0.187. The molecular formula is C4H5N2. The van der Waals surface area contributed by atoms with E-state index in [-0.39, 0.29) is 6.04 Å². The lowest BCUT2D eigenvalue weighted by Crippen LogP contribution is -2.00. The van der Waals surface area contributed by atoms with Gasteiger partial charge in [0.15, 0.2) is 6.04 Å². The van der Waals surface area contributed by atoms with Gasteiger partial charge in [-0.1, -0.05) is 6.08 Å². The van der Waals surface area contributed by atoms with Gasteiger partial charge in [-0.05, 0) is 0 Å². The maximum absolute atomic E-state index is 7.85. The number of hydrogen-bond acceptors (Lipinski definition) is 2. The fraction of sp³-hybridized carbons (Fsp3) is 0. The Labute approximate surface area is 36.9 Å². The molecule has 0 amide bonds. The summed E-state index contributed by atoms with van der Waals surface area (Å²) in [7, 11) is 0. The van der Waals surface area contributed by atoms with Crippen LogP contribution in [-0.2, 0) is 0 Å². The van der Waals surface area contributed by atoms with E-state index in [1.807, 2.05) is 0 Å². The first-order valence-electron chi connectivity index (χ1n) is 1.46. The summed E-state index contributed by atoms with van der Waals surface area (Å²) in [5.41, 5.74) is 4.91. The first kappa shape index (κ1) is 5.19. The molecule has 2 N–H and O–H groups in total. The molecule has 0 aliphatic rings. The van der Waals surface area contributed by atoms with Gasteiger partial charge in [0.25, 0.3) is 0 Å². The zero-order valence-electron chi connectivity index (χ0n) is 3.31. The van der Waals surface area contributed by atoms with Crippen molar-refractivity contribution in [1.29, 1.82) is 5.26 Å². The molecule has 0 heterocycles. The van der Waals surface area contributed by atoms with Gasteiger partial charge >= 0.3 is 0 Å². The van der Waals surface area contributed by atoms with Crippen LogP contribution in [0.1, 0.15) is 0 Å². The first-order valence-corrected chi connectivity index (χ1v) is 1.46. The molecule has 2 heteroatoms. The van der Waals surface area contributed by atoms with Gasteiger partial charge in [-0.3, -0.25) is 0 Å². The minimum absolute atomic E-state index is 0.162. The maximum atomic E-state index is 7.85. The molecule has 0 aliphatic carbocycles. The second-order valence-corrected chi connectivity index (χ2v) is 0.771. The van der Waals surface area contributed by atoms with Gasteiger partial charge in [0.1, 0.15) is 0 Å². The molecule has 0 fully saturated rings. The Morgan fingerprint density at radius 2 is 2.50 bits per heavy atom. The zero-order valence-corrected chi connectivity index (χ0v) is 3.31. The van der Waals surface area contributed by atoms with Gasteiger partial charge in [-0.15, -0.1) is 6.58 Å². The summed E-state index contributed by atoms with van der Waals surface area (Å²) < 4.78 is 0. The summed E-state index contributed by atoms with van der Waals surface area (Å²) in [6, 6.07) is 1.85. The fourth-order valence-corrected chi connectivity index (χ4v) is 0.0456. The molecule has 0 aromatic carbocycles. The molecule has 0 saturated carbocycles. The average molecular weight is 81.1 g/mol. The Balaban J connectivity index is 3.30. The van der Waals surface area contributed by atoms with E-state index in [1.54, 1.807) is 6.07 Å². The highest BCUT2D eigenvalue weighted by Crippen LogP contribution is 1.80. The van der Waals surface area contributed by atoms with Crippen LogP contribution in [0, 0.1) is 17.4 Å². The molecule has 6 heavy (non-hydrogen) atoms. The van der Waals surface area contributed by atoms with E-state index < -0.39 is 0 Å². The molecule has 1 radical (unpaired) electrons. The van der Waals surface area contributed by atoms with E-state index in [0.29, 0.717) is 0 Å². The summed E-state index contributed by atoms with van der Waals surface area (Å²) in [5, 5.41) is 7.85. The summed E-state index contributed by atoms with van der Waals surface area (Å²) >= 11 is 0. The first-order chi connectivity index (χ1) is 2.81. The number of nitrogens with two attached hydrogens (primary N) is 1. The zero-order chi connectivity index (χ0) is 4.99. The third kappa shape index (κ3) is 1.50. The maximum Gasteiger partial charge on any atom is 0.157 e. The van der Waals surface area contributed by atoms with Crippen molar-refractivity contribution < 1.29 is 0 Å². The Morgan fingerprint density at radius 1 is 2.00 bits per heavy atom. The monoisotopic (exact) mass is 81.0 g/mol. The smallest absolute Gasteiger partial charge is 0.157 e. The SMILES string of the molecule is C=C[C](N)C#N. The summed E-state index contributed by atoms with van der Waals surface area (Å²) in [5.74, 6) is 0. The molecule has 0 spiro atoms. The minimum Gasteiger partial charge on any atom is -0.307 e. The van der Waals surface area contributed by atoms with Crippen molar-refractivity contribution in [2.75, 3.05) is 0 Å².